The first-order chi connectivity index (χ1) is 8.70. The smallest absolute Gasteiger partial charge is 0.126 e. The largest absolute Gasteiger partial charge is 0.241 e. The highest BCUT2D eigenvalue weighted by atomic mass is 79.9. The lowest BCUT2D eigenvalue weighted by molar-refractivity contribution is 0.950. The van der Waals surface area contributed by atoms with Crippen molar-refractivity contribution in [3.05, 3.63) is 51.5 Å². The number of halogens is 1. The summed E-state index contributed by atoms with van der Waals surface area (Å²) in [7, 11) is 0. The highest BCUT2D eigenvalue weighted by molar-refractivity contribution is 9.10. The Hall–Kier alpha value is -1.33. The number of aromatic nitrogens is 3. The zero-order valence-electron chi connectivity index (χ0n) is 9.72. The van der Waals surface area contributed by atoms with E-state index in [4.69, 9.17) is 0 Å². The van der Waals surface area contributed by atoms with Crippen LogP contribution in [0.5, 0.6) is 0 Å². The van der Waals surface area contributed by atoms with Crippen molar-refractivity contribution in [1.82, 2.24) is 15.0 Å². The lowest BCUT2D eigenvalue weighted by atomic mass is 10.3. The molecule has 0 amide bonds. The first-order valence-corrected chi connectivity index (χ1v) is 7.16. The fraction of sp³-hybridized carbons (Fsp3) is 0.154. The number of para-hydroxylation sites is 1. The number of thiazole rings is 1. The number of benzene rings is 1. The van der Waals surface area contributed by atoms with Gasteiger partial charge < -0.3 is 0 Å². The Morgan fingerprint density at radius 2 is 2.00 bits per heavy atom. The van der Waals surface area contributed by atoms with Gasteiger partial charge in [0.25, 0.3) is 0 Å². The molecule has 3 nitrogen and oxygen atoms in total. The Morgan fingerprint density at radius 3 is 2.78 bits per heavy atom. The first-order valence-electron chi connectivity index (χ1n) is 5.55. The Kier molecular flexibility index (Phi) is 3.09. The van der Waals surface area contributed by atoms with Crippen molar-refractivity contribution < 1.29 is 0 Å². The Balaban J connectivity index is 1.96. The summed E-state index contributed by atoms with van der Waals surface area (Å²) < 4.78 is 2.04. The number of hydrogen-bond acceptors (Lipinski definition) is 4. The van der Waals surface area contributed by atoms with Crippen molar-refractivity contribution in [2.75, 3.05) is 0 Å². The maximum atomic E-state index is 4.61. The zero-order chi connectivity index (χ0) is 12.5. The van der Waals surface area contributed by atoms with E-state index in [9.17, 15) is 0 Å². The van der Waals surface area contributed by atoms with Crippen molar-refractivity contribution in [2.45, 2.75) is 13.3 Å². The highest BCUT2D eigenvalue weighted by Crippen LogP contribution is 2.23. The summed E-state index contributed by atoms with van der Waals surface area (Å²) in [5, 5.41) is 1.08. The van der Waals surface area contributed by atoms with Gasteiger partial charge in [-0.1, -0.05) is 12.1 Å². The van der Waals surface area contributed by atoms with Crippen LogP contribution in [0.3, 0.4) is 0 Å². The molecule has 0 aliphatic carbocycles. The third-order valence-electron chi connectivity index (χ3n) is 2.53. The van der Waals surface area contributed by atoms with Crippen molar-refractivity contribution >= 4 is 37.5 Å². The zero-order valence-corrected chi connectivity index (χ0v) is 12.1. The minimum absolute atomic E-state index is 0.751. The van der Waals surface area contributed by atoms with Gasteiger partial charge in [-0.05, 0) is 41.1 Å². The average molecular weight is 320 g/mol. The van der Waals surface area contributed by atoms with Crippen molar-refractivity contribution in [1.29, 1.82) is 0 Å². The molecule has 0 spiro atoms. The van der Waals surface area contributed by atoms with Crippen LogP contribution < -0.4 is 0 Å². The molecule has 0 N–H and O–H groups in total. The second kappa shape index (κ2) is 4.74. The van der Waals surface area contributed by atoms with Gasteiger partial charge >= 0.3 is 0 Å². The molecular formula is C13H10BrN3S. The van der Waals surface area contributed by atoms with Crippen molar-refractivity contribution in [3.8, 4) is 0 Å². The molecular weight excluding hydrogens is 310 g/mol. The maximum Gasteiger partial charge on any atom is 0.126 e. The van der Waals surface area contributed by atoms with Gasteiger partial charge in [0.15, 0.2) is 0 Å². The predicted octanol–water partition coefficient (Wildman–Crippen LogP) is 3.75. The molecule has 0 radical (unpaired) electrons. The third-order valence-corrected chi connectivity index (χ3v) is 3.97. The molecule has 0 saturated carbocycles. The fourth-order valence-electron chi connectivity index (χ4n) is 1.83. The highest BCUT2D eigenvalue weighted by Gasteiger charge is 2.06. The third kappa shape index (κ3) is 2.42. The Bertz CT molecular complexity index is 655. The number of fused-ring (bicyclic) bond motifs is 1. The lowest BCUT2D eigenvalue weighted by Crippen LogP contribution is -1.96. The van der Waals surface area contributed by atoms with Crippen LogP contribution in [0.1, 0.15) is 16.5 Å². The molecule has 0 bridgehead atoms. The van der Waals surface area contributed by atoms with Crippen LogP contribution >= 0.6 is 27.3 Å². The molecule has 0 saturated heterocycles. The molecule has 0 aliphatic heterocycles. The number of aryl methyl sites for hydroxylation is 1. The SMILES string of the molecule is Cc1nc(Br)cc(Cc2nc3ccccc3s2)n1. The molecule has 0 aliphatic rings. The van der Waals surface area contributed by atoms with E-state index in [1.165, 1.54) is 4.70 Å². The molecule has 90 valence electrons. The second-order valence-corrected chi connectivity index (χ2v) is 5.91. The van der Waals surface area contributed by atoms with Crippen LogP contribution in [0.25, 0.3) is 10.2 Å². The van der Waals surface area contributed by atoms with E-state index in [-0.39, 0.29) is 0 Å². The number of nitrogens with zero attached hydrogens (tertiary/aromatic N) is 3. The standard InChI is InChI=1S/C13H10BrN3S/c1-8-15-9(6-12(14)16-8)7-13-17-10-4-2-3-5-11(10)18-13/h2-6H,7H2,1H3. The minimum atomic E-state index is 0.751. The summed E-state index contributed by atoms with van der Waals surface area (Å²) in [5.41, 5.74) is 2.05. The summed E-state index contributed by atoms with van der Waals surface area (Å²) in [6.45, 7) is 1.90. The van der Waals surface area contributed by atoms with Gasteiger partial charge in [-0.25, -0.2) is 15.0 Å². The van der Waals surface area contributed by atoms with E-state index in [2.05, 4.69) is 36.9 Å². The molecule has 5 heteroatoms. The second-order valence-electron chi connectivity index (χ2n) is 3.98. The lowest BCUT2D eigenvalue weighted by Gasteiger charge is -1.99. The normalized spacial score (nSPS) is 11.0. The van der Waals surface area contributed by atoms with E-state index in [1.807, 2.05) is 31.2 Å². The predicted molar refractivity (Wildman–Crippen MR) is 76.9 cm³/mol. The Morgan fingerprint density at radius 1 is 1.17 bits per heavy atom. The molecule has 3 aromatic rings. The Labute approximate surface area is 117 Å². The summed E-state index contributed by atoms with van der Waals surface area (Å²) >= 11 is 5.11. The molecule has 2 aromatic heterocycles. The minimum Gasteiger partial charge on any atom is -0.241 e. The molecule has 0 atom stereocenters. The van der Waals surface area contributed by atoms with Crippen LogP contribution in [0, 0.1) is 6.92 Å². The summed E-state index contributed by atoms with van der Waals surface area (Å²) in [6, 6.07) is 10.1. The van der Waals surface area contributed by atoms with Crippen LogP contribution in [-0.4, -0.2) is 15.0 Å². The maximum absolute atomic E-state index is 4.61. The topological polar surface area (TPSA) is 38.7 Å². The van der Waals surface area contributed by atoms with Gasteiger partial charge in [-0.15, -0.1) is 11.3 Å². The monoisotopic (exact) mass is 319 g/mol. The van der Waals surface area contributed by atoms with Gasteiger partial charge in [0.05, 0.1) is 20.9 Å². The molecule has 2 heterocycles. The van der Waals surface area contributed by atoms with E-state index < -0.39 is 0 Å². The summed E-state index contributed by atoms with van der Waals surface area (Å²) in [4.78, 5) is 13.2. The van der Waals surface area contributed by atoms with Gasteiger partial charge in [0, 0.05) is 6.42 Å². The van der Waals surface area contributed by atoms with Gasteiger partial charge in [-0.2, -0.15) is 0 Å². The molecule has 3 rings (SSSR count). The average Bonchev–Trinajstić information content (AvgIpc) is 2.69. The molecule has 0 unspecified atom stereocenters. The first kappa shape index (κ1) is 11.7. The van der Waals surface area contributed by atoms with E-state index >= 15 is 0 Å². The van der Waals surface area contributed by atoms with Gasteiger partial charge in [0.1, 0.15) is 10.4 Å². The van der Waals surface area contributed by atoms with Gasteiger partial charge in [-0.3, -0.25) is 0 Å². The quantitative estimate of drug-likeness (QED) is 0.675. The van der Waals surface area contributed by atoms with Crippen LogP contribution in [0.2, 0.25) is 0 Å². The number of rotatable bonds is 2. The van der Waals surface area contributed by atoms with E-state index in [0.717, 1.165) is 33.1 Å². The van der Waals surface area contributed by atoms with E-state index in [0.29, 0.717) is 0 Å². The molecule has 0 fully saturated rings. The van der Waals surface area contributed by atoms with Crippen molar-refractivity contribution in [3.63, 3.8) is 0 Å². The van der Waals surface area contributed by atoms with E-state index in [1.54, 1.807) is 11.3 Å². The fourth-order valence-corrected chi connectivity index (χ4v) is 3.33. The number of hydrogen-bond donors (Lipinski definition) is 0. The van der Waals surface area contributed by atoms with Crippen LogP contribution in [0.4, 0.5) is 0 Å². The molecule has 1 aromatic carbocycles. The van der Waals surface area contributed by atoms with Crippen molar-refractivity contribution in [2.24, 2.45) is 0 Å². The van der Waals surface area contributed by atoms with Crippen LogP contribution in [0.15, 0.2) is 34.9 Å². The summed E-state index contributed by atoms with van der Waals surface area (Å²) in [6.07, 6.45) is 0.751. The summed E-state index contributed by atoms with van der Waals surface area (Å²) in [5.74, 6) is 0.778. The van der Waals surface area contributed by atoms with Gasteiger partial charge in [0.2, 0.25) is 0 Å². The molecule has 18 heavy (non-hydrogen) atoms. The van der Waals surface area contributed by atoms with Crippen LogP contribution in [-0.2, 0) is 6.42 Å².